The van der Waals surface area contributed by atoms with Crippen LogP contribution in [-0.4, -0.2) is 11.8 Å². The Balaban J connectivity index is 2.37. The first-order valence-electron chi connectivity index (χ1n) is 8.58. The van der Waals surface area contributed by atoms with E-state index in [1.54, 1.807) is 6.07 Å². The Morgan fingerprint density at radius 3 is 2.39 bits per heavy atom. The SMILES string of the molecule is C=COC(=O)C(CCCCCCCCCC)C(=O)c1ccoc1. The second-order valence-electron chi connectivity index (χ2n) is 5.80. The van der Waals surface area contributed by atoms with Gasteiger partial charge in [0.15, 0.2) is 5.78 Å². The molecule has 0 amide bonds. The van der Waals surface area contributed by atoms with Crippen LogP contribution in [0.5, 0.6) is 0 Å². The summed E-state index contributed by atoms with van der Waals surface area (Å²) in [6.45, 7) is 5.59. The van der Waals surface area contributed by atoms with Crippen LogP contribution in [-0.2, 0) is 9.53 Å². The Morgan fingerprint density at radius 1 is 1.17 bits per heavy atom. The molecule has 1 aromatic heterocycles. The van der Waals surface area contributed by atoms with E-state index >= 15 is 0 Å². The van der Waals surface area contributed by atoms with Gasteiger partial charge in [-0.05, 0) is 12.5 Å². The van der Waals surface area contributed by atoms with E-state index in [1.807, 2.05) is 0 Å². The Kier molecular flexibility index (Phi) is 9.76. The summed E-state index contributed by atoms with van der Waals surface area (Å²) in [5.41, 5.74) is 0.413. The molecule has 4 heteroatoms. The van der Waals surface area contributed by atoms with Crippen LogP contribution < -0.4 is 0 Å². The zero-order valence-corrected chi connectivity index (χ0v) is 14.1. The monoisotopic (exact) mass is 320 g/mol. The van der Waals surface area contributed by atoms with Crippen LogP contribution in [0.1, 0.15) is 75.1 Å². The molecule has 0 N–H and O–H groups in total. The third-order valence-electron chi connectivity index (χ3n) is 3.95. The predicted molar refractivity (Wildman–Crippen MR) is 90.0 cm³/mol. The van der Waals surface area contributed by atoms with Gasteiger partial charge in [-0.25, -0.2) is 0 Å². The number of hydrogen-bond donors (Lipinski definition) is 0. The molecule has 0 aromatic carbocycles. The first-order chi connectivity index (χ1) is 11.2. The summed E-state index contributed by atoms with van der Waals surface area (Å²) in [4.78, 5) is 24.3. The molecular weight excluding hydrogens is 292 g/mol. The van der Waals surface area contributed by atoms with Crippen LogP contribution in [0.3, 0.4) is 0 Å². The molecular formula is C19H28O4. The highest BCUT2D eigenvalue weighted by atomic mass is 16.5. The lowest BCUT2D eigenvalue weighted by molar-refractivity contribution is -0.141. The lowest BCUT2D eigenvalue weighted by Crippen LogP contribution is -2.25. The highest BCUT2D eigenvalue weighted by molar-refractivity contribution is 6.08. The van der Waals surface area contributed by atoms with Gasteiger partial charge in [-0.15, -0.1) is 0 Å². The van der Waals surface area contributed by atoms with Crippen LogP contribution in [0, 0.1) is 5.92 Å². The number of furan rings is 1. The van der Waals surface area contributed by atoms with Crippen molar-refractivity contribution in [3.05, 3.63) is 37.0 Å². The van der Waals surface area contributed by atoms with Gasteiger partial charge in [-0.2, -0.15) is 0 Å². The van der Waals surface area contributed by atoms with Crippen molar-refractivity contribution in [2.45, 2.75) is 64.7 Å². The maximum absolute atomic E-state index is 12.4. The number of unbranched alkanes of at least 4 members (excludes halogenated alkanes) is 7. The zero-order chi connectivity index (χ0) is 16.9. The minimum atomic E-state index is -0.773. The van der Waals surface area contributed by atoms with Gasteiger partial charge in [0.2, 0.25) is 0 Å². The van der Waals surface area contributed by atoms with Crippen molar-refractivity contribution in [2.24, 2.45) is 5.92 Å². The van der Waals surface area contributed by atoms with Gasteiger partial charge in [-0.3, -0.25) is 9.59 Å². The van der Waals surface area contributed by atoms with Gasteiger partial charge in [0.1, 0.15) is 12.2 Å². The highest BCUT2D eigenvalue weighted by Gasteiger charge is 2.28. The van der Waals surface area contributed by atoms with Crippen molar-refractivity contribution < 1.29 is 18.7 Å². The molecule has 0 fully saturated rings. The number of Topliss-reactive ketones (excluding diaryl/α,β-unsaturated/α-hetero) is 1. The minimum Gasteiger partial charge on any atom is -0.472 e. The molecule has 1 unspecified atom stereocenters. The summed E-state index contributed by atoms with van der Waals surface area (Å²) in [5, 5.41) is 0. The fourth-order valence-corrected chi connectivity index (χ4v) is 2.61. The number of rotatable bonds is 13. The van der Waals surface area contributed by atoms with Crippen LogP contribution in [0.15, 0.2) is 35.9 Å². The first kappa shape index (κ1) is 19.2. The number of ether oxygens (including phenoxy) is 1. The summed E-state index contributed by atoms with van der Waals surface area (Å²) >= 11 is 0. The Hall–Kier alpha value is -1.84. The van der Waals surface area contributed by atoms with E-state index in [1.165, 1.54) is 44.6 Å². The van der Waals surface area contributed by atoms with E-state index in [0.717, 1.165) is 25.5 Å². The van der Waals surface area contributed by atoms with E-state index < -0.39 is 11.9 Å². The minimum absolute atomic E-state index is 0.242. The molecule has 0 saturated heterocycles. The number of carbonyl (C=O) groups is 2. The predicted octanol–water partition coefficient (Wildman–Crippen LogP) is 5.30. The van der Waals surface area contributed by atoms with Gasteiger partial charge in [0.25, 0.3) is 0 Å². The van der Waals surface area contributed by atoms with Crippen LogP contribution in [0.25, 0.3) is 0 Å². The van der Waals surface area contributed by atoms with Crippen LogP contribution in [0.2, 0.25) is 0 Å². The molecule has 0 aliphatic carbocycles. The van der Waals surface area contributed by atoms with Gasteiger partial charge in [0, 0.05) is 0 Å². The summed E-state index contributed by atoms with van der Waals surface area (Å²) in [6.07, 6.45) is 13.7. The third-order valence-corrected chi connectivity index (χ3v) is 3.95. The maximum atomic E-state index is 12.4. The largest absolute Gasteiger partial charge is 0.472 e. The molecule has 1 rings (SSSR count). The van der Waals surface area contributed by atoms with Crippen molar-refractivity contribution in [2.75, 3.05) is 0 Å². The average molecular weight is 320 g/mol. The molecule has 0 spiro atoms. The molecule has 0 bridgehead atoms. The van der Waals surface area contributed by atoms with Gasteiger partial charge >= 0.3 is 5.97 Å². The lowest BCUT2D eigenvalue weighted by Gasteiger charge is -2.12. The molecule has 23 heavy (non-hydrogen) atoms. The molecule has 4 nitrogen and oxygen atoms in total. The molecule has 0 radical (unpaired) electrons. The summed E-state index contributed by atoms with van der Waals surface area (Å²) in [6, 6.07) is 1.57. The number of esters is 1. The van der Waals surface area contributed by atoms with Gasteiger partial charge in [0.05, 0.1) is 18.1 Å². The molecule has 0 aliphatic heterocycles. The van der Waals surface area contributed by atoms with Crippen LogP contribution >= 0.6 is 0 Å². The van der Waals surface area contributed by atoms with Gasteiger partial charge < -0.3 is 9.15 Å². The normalized spacial score (nSPS) is 11.9. The molecule has 0 saturated carbocycles. The summed E-state index contributed by atoms with van der Waals surface area (Å²) < 4.78 is 9.74. The van der Waals surface area contributed by atoms with Crippen LogP contribution in [0.4, 0.5) is 0 Å². The topological polar surface area (TPSA) is 56.5 Å². The van der Waals surface area contributed by atoms with Crippen molar-refractivity contribution >= 4 is 11.8 Å². The standard InChI is InChI=1S/C19H28O4/c1-3-5-6-7-8-9-10-11-12-17(19(21)23-4-2)18(20)16-13-14-22-15-16/h4,13-15,17H,2-3,5-12H2,1H3. The second kappa shape index (κ2) is 11.7. The number of carbonyl (C=O) groups excluding carboxylic acids is 2. The number of ketones is 1. The van der Waals surface area contributed by atoms with Crippen molar-refractivity contribution in [3.63, 3.8) is 0 Å². The molecule has 128 valence electrons. The molecule has 0 aliphatic rings. The lowest BCUT2D eigenvalue weighted by atomic mass is 9.93. The molecule has 1 atom stereocenters. The third kappa shape index (κ3) is 7.31. The average Bonchev–Trinajstić information content (AvgIpc) is 3.07. The van der Waals surface area contributed by atoms with Crippen molar-refractivity contribution in [1.29, 1.82) is 0 Å². The fraction of sp³-hybridized carbons (Fsp3) is 0.579. The van der Waals surface area contributed by atoms with E-state index in [9.17, 15) is 9.59 Å². The smallest absolute Gasteiger partial charge is 0.321 e. The molecule has 1 aromatic rings. The van der Waals surface area contributed by atoms with Crippen molar-refractivity contribution in [1.82, 2.24) is 0 Å². The van der Waals surface area contributed by atoms with Crippen molar-refractivity contribution in [3.8, 4) is 0 Å². The second-order valence-corrected chi connectivity index (χ2v) is 5.80. The number of hydrogen-bond acceptors (Lipinski definition) is 4. The Bertz CT molecular complexity index is 462. The summed E-state index contributed by atoms with van der Waals surface area (Å²) in [7, 11) is 0. The quantitative estimate of drug-likeness (QED) is 0.163. The van der Waals surface area contributed by atoms with E-state index in [-0.39, 0.29) is 5.78 Å². The summed E-state index contributed by atoms with van der Waals surface area (Å²) in [5.74, 6) is -1.55. The zero-order valence-electron chi connectivity index (χ0n) is 14.1. The first-order valence-corrected chi connectivity index (χ1v) is 8.58. The maximum Gasteiger partial charge on any atom is 0.321 e. The molecule has 1 heterocycles. The van der Waals surface area contributed by atoms with Gasteiger partial charge in [-0.1, -0.05) is 64.9 Å². The Morgan fingerprint density at radius 2 is 1.83 bits per heavy atom. The van der Waals surface area contributed by atoms with E-state index in [2.05, 4.69) is 13.5 Å². The fourth-order valence-electron chi connectivity index (χ4n) is 2.61. The van der Waals surface area contributed by atoms with E-state index in [4.69, 9.17) is 9.15 Å². The van der Waals surface area contributed by atoms with E-state index in [0.29, 0.717) is 12.0 Å². The Labute approximate surface area is 138 Å². The highest BCUT2D eigenvalue weighted by Crippen LogP contribution is 2.19.